The van der Waals surface area contributed by atoms with Crippen molar-refractivity contribution in [3.8, 4) is 0 Å². The normalized spacial score (nSPS) is 18.9. The molecule has 0 N–H and O–H groups in total. The van der Waals surface area contributed by atoms with Crippen molar-refractivity contribution in [2.24, 2.45) is 10.8 Å². The Morgan fingerprint density at radius 1 is 0.788 bits per heavy atom. The zero-order chi connectivity index (χ0) is 24.9. The first-order valence-corrected chi connectivity index (χ1v) is 14.8. The molecular formula is C31H50SiZr. The minimum absolute atomic E-state index is 0. The average molecular weight is 542 g/mol. The minimum atomic E-state index is 0. The number of hydrogen-bond donors (Lipinski definition) is 0. The predicted molar refractivity (Wildman–Crippen MR) is 148 cm³/mol. The fourth-order valence-corrected chi connectivity index (χ4v) is 3.86. The summed E-state index contributed by atoms with van der Waals surface area (Å²) in [5, 5.41) is 0. The van der Waals surface area contributed by atoms with Crippen molar-refractivity contribution in [1.29, 1.82) is 0 Å². The van der Waals surface area contributed by atoms with E-state index in [4.69, 9.17) is 0 Å². The summed E-state index contributed by atoms with van der Waals surface area (Å²) in [7, 11) is 0.750. The second-order valence-electron chi connectivity index (χ2n) is 10.0. The third-order valence-electron chi connectivity index (χ3n) is 6.42. The Kier molecular flexibility index (Phi) is 17.9. The van der Waals surface area contributed by atoms with Gasteiger partial charge in [0.05, 0.1) is 0 Å². The summed E-state index contributed by atoms with van der Waals surface area (Å²) in [6.07, 6.45) is 22.0. The van der Waals surface area contributed by atoms with E-state index < -0.39 is 0 Å². The van der Waals surface area contributed by atoms with Crippen LogP contribution < -0.4 is 0 Å². The van der Waals surface area contributed by atoms with E-state index in [1.807, 2.05) is 12.2 Å². The van der Waals surface area contributed by atoms with E-state index in [0.29, 0.717) is 0 Å². The number of allylic oxidation sites excluding steroid dienone is 12. The summed E-state index contributed by atoms with van der Waals surface area (Å²) < 4.78 is 0. The second-order valence-corrected chi connectivity index (χ2v) is 11.2. The van der Waals surface area contributed by atoms with Crippen LogP contribution in [0.4, 0.5) is 0 Å². The maximum atomic E-state index is 3.57. The van der Waals surface area contributed by atoms with Crippen molar-refractivity contribution in [2.45, 2.75) is 114 Å². The van der Waals surface area contributed by atoms with Crippen LogP contribution in [-0.4, -0.2) is 9.52 Å². The quantitative estimate of drug-likeness (QED) is 0.245. The molecule has 0 saturated heterocycles. The summed E-state index contributed by atoms with van der Waals surface area (Å²) in [6.45, 7) is 26.7. The third-order valence-corrected chi connectivity index (χ3v) is 6.42. The maximum Gasteiger partial charge on any atom is 3.00 e. The first-order chi connectivity index (χ1) is 14.9. The summed E-state index contributed by atoms with van der Waals surface area (Å²) in [5.74, 6) is 0. The van der Waals surface area contributed by atoms with Gasteiger partial charge in [-0.25, -0.2) is 23.3 Å². The molecule has 2 radical (unpaired) electrons. The Bertz CT molecular complexity index is 703. The first kappa shape index (κ1) is 34.7. The Hall–Kier alpha value is -0.460. The molecule has 0 unspecified atom stereocenters. The zero-order valence-corrected chi connectivity index (χ0v) is 27.5. The average Bonchev–Trinajstić information content (AvgIpc) is 3.40. The van der Waals surface area contributed by atoms with Crippen LogP contribution in [0.25, 0.3) is 0 Å². The van der Waals surface area contributed by atoms with Crippen molar-refractivity contribution in [3.05, 3.63) is 69.9 Å². The molecule has 0 bridgehead atoms. The van der Waals surface area contributed by atoms with Gasteiger partial charge in [-0.3, -0.25) is 18.2 Å². The van der Waals surface area contributed by atoms with Gasteiger partial charge < -0.3 is 0 Å². The summed E-state index contributed by atoms with van der Waals surface area (Å²) in [5.41, 5.74) is 9.20. The molecule has 0 aromatic heterocycles. The predicted octanol–water partition coefficient (Wildman–Crippen LogP) is 9.61. The van der Waals surface area contributed by atoms with Gasteiger partial charge in [-0.05, 0) is 0 Å². The van der Waals surface area contributed by atoms with E-state index in [0.717, 1.165) is 15.9 Å². The fourth-order valence-electron chi connectivity index (χ4n) is 3.86. The number of hydrogen-bond acceptors (Lipinski definition) is 0. The third kappa shape index (κ3) is 11.7. The molecule has 33 heavy (non-hydrogen) atoms. The number of rotatable bonds is 4. The summed E-state index contributed by atoms with van der Waals surface area (Å²) in [6, 6.07) is 0. The molecule has 0 amide bonds. The Morgan fingerprint density at radius 2 is 1.15 bits per heavy atom. The van der Waals surface area contributed by atoms with E-state index in [-0.39, 0.29) is 37.0 Å². The molecule has 0 saturated carbocycles. The van der Waals surface area contributed by atoms with Gasteiger partial charge in [-0.2, -0.15) is 28.4 Å². The second kappa shape index (κ2) is 17.0. The smallest absolute Gasteiger partial charge is 0.273 e. The van der Waals surface area contributed by atoms with Crippen LogP contribution in [0.15, 0.2) is 51.7 Å². The van der Waals surface area contributed by atoms with Crippen LogP contribution in [-0.2, 0) is 26.2 Å². The van der Waals surface area contributed by atoms with Crippen molar-refractivity contribution < 1.29 is 26.2 Å². The molecule has 0 fully saturated rings. The van der Waals surface area contributed by atoms with E-state index in [1.54, 1.807) is 0 Å². The first-order valence-electron chi connectivity index (χ1n) is 12.5. The molecule has 3 aliphatic rings. The van der Waals surface area contributed by atoms with Crippen LogP contribution in [0.2, 0.25) is 13.1 Å². The van der Waals surface area contributed by atoms with Crippen LogP contribution in [0, 0.1) is 29.1 Å². The van der Waals surface area contributed by atoms with Gasteiger partial charge >= 0.3 is 26.2 Å². The Labute approximate surface area is 229 Å². The standard InChI is InChI=1S/2C12H19.C5H5.C2H7Si.Zr/c2*1-6-7-11-8-12(4,5)10(3)9(11)2;1-2-4-5-3-1;1-3-2;/h2*6-7H2,1-5H3;1-3H,4H2;3H,1-2H3;/q3*-1;;+3. The van der Waals surface area contributed by atoms with Crippen LogP contribution in [0.3, 0.4) is 0 Å². The maximum absolute atomic E-state index is 3.57. The molecule has 3 rings (SSSR count). The Morgan fingerprint density at radius 3 is 1.30 bits per heavy atom. The monoisotopic (exact) mass is 540 g/mol. The SMILES string of the molecule is CCCC1=[C-]C(C)(C)C(C)=C1C.CCCC1=[C-]C(C)(C)C(C)=C1C.C[SiH]C.[C-]1=CC=CC1.[Zr+3]. The topological polar surface area (TPSA) is 0 Å². The van der Waals surface area contributed by atoms with Gasteiger partial charge in [0, 0.05) is 9.52 Å². The van der Waals surface area contributed by atoms with Crippen LogP contribution in [0.1, 0.15) is 101 Å². The molecule has 182 valence electrons. The van der Waals surface area contributed by atoms with Crippen molar-refractivity contribution in [1.82, 2.24) is 0 Å². The van der Waals surface area contributed by atoms with E-state index in [1.165, 1.54) is 59.1 Å². The fraction of sp³-hybridized carbons (Fsp3) is 0.613. The van der Waals surface area contributed by atoms with Gasteiger partial charge in [0.1, 0.15) is 0 Å². The molecule has 2 heteroatoms. The van der Waals surface area contributed by atoms with Crippen molar-refractivity contribution in [2.75, 3.05) is 0 Å². The zero-order valence-electron chi connectivity index (χ0n) is 23.8. The molecular weight excluding hydrogens is 492 g/mol. The van der Waals surface area contributed by atoms with Crippen LogP contribution in [0.5, 0.6) is 0 Å². The molecule has 0 aromatic rings. The minimum Gasteiger partial charge on any atom is -0.273 e. The summed E-state index contributed by atoms with van der Waals surface area (Å²) in [4.78, 5) is 0. The molecule has 0 heterocycles. The van der Waals surface area contributed by atoms with E-state index >= 15 is 0 Å². The molecule has 0 aliphatic heterocycles. The summed E-state index contributed by atoms with van der Waals surface area (Å²) >= 11 is 0. The van der Waals surface area contributed by atoms with Gasteiger partial charge in [0.15, 0.2) is 0 Å². The molecule has 0 nitrogen and oxygen atoms in total. The Balaban J connectivity index is 0. The largest absolute Gasteiger partial charge is 3.00 e. The van der Waals surface area contributed by atoms with Crippen molar-refractivity contribution in [3.63, 3.8) is 0 Å². The van der Waals surface area contributed by atoms with Crippen molar-refractivity contribution >= 4 is 9.52 Å². The van der Waals surface area contributed by atoms with Gasteiger partial charge in [-0.1, -0.05) is 105 Å². The van der Waals surface area contributed by atoms with Gasteiger partial charge in [0.25, 0.3) is 0 Å². The molecule has 0 atom stereocenters. The van der Waals surface area contributed by atoms with E-state index in [9.17, 15) is 0 Å². The molecule has 0 aromatic carbocycles. The molecule has 0 spiro atoms. The van der Waals surface area contributed by atoms with E-state index in [2.05, 4.69) is 107 Å². The van der Waals surface area contributed by atoms with Gasteiger partial charge in [0.2, 0.25) is 0 Å². The van der Waals surface area contributed by atoms with Gasteiger partial charge in [-0.15, -0.1) is 20.3 Å². The van der Waals surface area contributed by atoms with Crippen LogP contribution >= 0.6 is 0 Å². The molecule has 3 aliphatic carbocycles.